The van der Waals surface area contributed by atoms with E-state index in [9.17, 15) is 0 Å². The highest BCUT2D eigenvalue weighted by Gasteiger charge is 1.92. The molecule has 0 aliphatic heterocycles. The third-order valence-corrected chi connectivity index (χ3v) is 1.33. The standard InChI is InChI=1S/C4H5N4S/c1-2-3-9-4-5-7-8-6-4/h2-3H,1H2,(H,5,6,7,8). The van der Waals surface area contributed by atoms with Crippen molar-refractivity contribution in [1.82, 2.24) is 20.6 Å². The van der Waals surface area contributed by atoms with Gasteiger partial charge in [-0.3, -0.25) is 0 Å². The van der Waals surface area contributed by atoms with Crippen molar-refractivity contribution in [3.05, 3.63) is 18.4 Å². The molecule has 0 amide bonds. The highest BCUT2D eigenvalue weighted by Crippen LogP contribution is 2.12. The first-order chi connectivity index (χ1) is 4.43. The van der Waals surface area contributed by atoms with Crippen molar-refractivity contribution in [2.45, 2.75) is 5.16 Å². The van der Waals surface area contributed by atoms with Crippen LogP contribution < -0.4 is 0 Å². The fourth-order valence-electron chi connectivity index (χ4n) is 0.313. The lowest BCUT2D eigenvalue weighted by atomic mass is 10.8. The summed E-state index contributed by atoms with van der Waals surface area (Å²) in [7, 11) is 0. The Labute approximate surface area is 56.7 Å². The molecule has 1 rings (SSSR count). The molecule has 0 bridgehead atoms. The minimum Gasteiger partial charge on any atom is -0.234 e. The van der Waals surface area contributed by atoms with Crippen LogP contribution in [-0.2, 0) is 0 Å². The van der Waals surface area contributed by atoms with Gasteiger partial charge in [0.1, 0.15) is 0 Å². The van der Waals surface area contributed by atoms with E-state index in [1.165, 1.54) is 11.8 Å². The van der Waals surface area contributed by atoms with Crippen LogP contribution in [0.4, 0.5) is 0 Å². The van der Waals surface area contributed by atoms with E-state index in [4.69, 9.17) is 0 Å². The van der Waals surface area contributed by atoms with Gasteiger partial charge in [-0.05, 0) is 10.4 Å². The number of H-pyrrole nitrogens is 1. The normalized spacial score (nSPS) is 9.33. The Morgan fingerprint density at radius 2 is 2.56 bits per heavy atom. The van der Waals surface area contributed by atoms with Gasteiger partial charge in [0.2, 0.25) is 5.16 Å². The number of nitrogens with one attached hydrogen (secondary N) is 1. The van der Waals surface area contributed by atoms with E-state index in [-0.39, 0.29) is 0 Å². The smallest absolute Gasteiger partial charge is 0.207 e. The molecule has 0 spiro atoms. The Balaban J connectivity index is 2.38. The molecular weight excluding hydrogens is 136 g/mol. The summed E-state index contributed by atoms with van der Waals surface area (Å²) in [6.07, 6.45) is 1.67. The van der Waals surface area contributed by atoms with Gasteiger partial charge in [-0.25, -0.2) is 5.10 Å². The molecule has 1 N–H and O–H groups in total. The molecule has 0 unspecified atom stereocenters. The van der Waals surface area contributed by atoms with Crippen LogP contribution in [0.2, 0.25) is 0 Å². The zero-order valence-electron chi connectivity index (χ0n) is 4.61. The van der Waals surface area contributed by atoms with E-state index >= 15 is 0 Å². The number of aromatic nitrogens is 4. The van der Waals surface area contributed by atoms with Crippen LogP contribution in [0.5, 0.6) is 0 Å². The molecule has 47 valence electrons. The van der Waals surface area contributed by atoms with Crippen molar-refractivity contribution in [2.75, 3.05) is 0 Å². The SMILES string of the molecule is C=C[CH]Sc1nnn[nH]1. The Morgan fingerprint density at radius 1 is 1.67 bits per heavy atom. The number of nitrogens with zero attached hydrogens (tertiary/aromatic N) is 3. The topological polar surface area (TPSA) is 54.5 Å². The van der Waals surface area contributed by atoms with Gasteiger partial charge in [0.25, 0.3) is 0 Å². The number of thioether (sulfide) groups is 1. The predicted octanol–water partition coefficient (Wildman–Crippen LogP) is 0.640. The van der Waals surface area contributed by atoms with E-state index < -0.39 is 0 Å². The van der Waals surface area contributed by atoms with Gasteiger partial charge in [-0.2, -0.15) is 0 Å². The molecular formula is C4H5N4S. The van der Waals surface area contributed by atoms with E-state index in [1.54, 1.807) is 11.8 Å². The van der Waals surface area contributed by atoms with Gasteiger partial charge >= 0.3 is 0 Å². The van der Waals surface area contributed by atoms with Gasteiger partial charge in [0.05, 0.1) is 0 Å². The first-order valence-corrected chi connectivity index (χ1v) is 3.16. The van der Waals surface area contributed by atoms with E-state index in [2.05, 4.69) is 27.2 Å². The van der Waals surface area contributed by atoms with Crippen molar-refractivity contribution >= 4 is 11.8 Å². The maximum absolute atomic E-state index is 3.62. The first kappa shape index (κ1) is 6.28. The lowest BCUT2D eigenvalue weighted by molar-refractivity contribution is 0.881. The highest BCUT2D eigenvalue weighted by molar-refractivity contribution is 8.01. The van der Waals surface area contributed by atoms with Gasteiger partial charge < -0.3 is 0 Å². The lowest BCUT2D eigenvalue weighted by Gasteiger charge is -1.83. The van der Waals surface area contributed by atoms with Gasteiger partial charge in [0, 0.05) is 5.75 Å². The van der Waals surface area contributed by atoms with Crippen molar-refractivity contribution < 1.29 is 0 Å². The summed E-state index contributed by atoms with van der Waals surface area (Å²) in [4.78, 5) is 0. The van der Waals surface area contributed by atoms with Gasteiger partial charge in [-0.1, -0.05) is 17.8 Å². The summed E-state index contributed by atoms with van der Waals surface area (Å²) in [5.74, 6) is 1.79. The molecule has 9 heavy (non-hydrogen) atoms. The average molecular weight is 141 g/mol. The third kappa shape index (κ3) is 1.85. The second-order valence-corrected chi connectivity index (χ2v) is 2.09. The monoisotopic (exact) mass is 141 g/mol. The zero-order chi connectivity index (χ0) is 6.53. The van der Waals surface area contributed by atoms with Crippen LogP contribution in [0.3, 0.4) is 0 Å². The molecule has 0 fully saturated rings. The molecule has 1 aromatic heterocycles. The number of rotatable bonds is 3. The molecule has 1 aromatic rings. The first-order valence-electron chi connectivity index (χ1n) is 2.28. The lowest BCUT2D eigenvalue weighted by Crippen LogP contribution is -1.71. The van der Waals surface area contributed by atoms with Crippen LogP contribution >= 0.6 is 11.8 Å². The van der Waals surface area contributed by atoms with E-state index in [0.29, 0.717) is 5.16 Å². The molecule has 4 nitrogen and oxygen atoms in total. The molecule has 0 saturated carbocycles. The maximum atomic E-state index is 3.62. The van der Waals surface area contributed by atoms with Crippen molar-refractivity contribution in [3.63, 3.8) is 0 Å². The molecule has 1 radical (unpaired) electrons. The van der Waals surface area contributed by atoms with E-state index in [1.807, 2.05) is 0 Å². The molecule has 5 heteroatoms. The Bertz CT molecular complexity index is 171. The van der Waals surface area contributed by atoms with E-state index in [0.717, 1.165) is 0 Å². The zero-order valence-corrected chi connectivity index (χ0v) is 5.43. The minimum absolute atomic E-state index is 0.676. The molecule has 0 aliphatic carbocycles. The molecule has 0 aromatic carbocycles. The quantitative estimate of drug-likeness (QED) is 0.627. The summed E-state index contributed by atoms with van der Waals surface area (Å²) < 4.78 is 0. The van der Waals surface area contributed by atoms with Gasteiger partial charge in [-0.15, -0.1) is 11.7 Å². The second kappa shape index (κ2) is 3.24. The Kier molecular flexibility index (Phi) is 2.26. The fourth-order valence-corrected chi connectivity index (χ4v) is 0.715. The molecule has 0 atom stereocenters. The third-order valence-electron chi connectivity index (χ3n) is 0.602. The minimum atomic E-state index is 0.676. The molecule has 1 heterocycles. The van der Waals surface area contributed by atoms with Crippen molar-refractivity contribution in [3.8, 4) is 0 Å². The van der Waals surface area contributed by atoms with Crippen LogP contribution in [0.25, 0.3) is 0 Å². The summed E-state index contributed by atoms with van der Waals surface area (Å²) in [5, 5.41) is 13.6. The number of hydrogen-bond acceptors (Lipinski definition) is 4. The van der Waals surface area contributed by atoms with Gasteiger partial charge in [0.15, 0.2) is 0 Å². The summed E-state index contributed by atoms with van der Waals surface area (Å²) >= 11 is 1.39. The largest absolute Gasteiger partial charge is 0.234 e. The average Bonchev–Trinajstić information content (AvgIpc) is 2.34. The molecule has 0 aliphatic rings. The number of aromatic amines is 1. The Hall–Kier alpha value is -0.840. The highest BCUT2D eigenvalue weighted by atomic mass is 32.2. The Morgan fingerprint density at radius 3 is 3.11 bits per heavy atom. The summed E-state index contributed by atoms with van der Waals surface area (Å²) in [6, 6.07) is 0. The summed E-state index contributed by atoms with van der Waals surface area (Å²) in [6.45, 7) is 3.50. The van der Waals surface area contributed by atoms with Crippen LogP contribution in [0, 0.1) is 5.75 Å². The van der Waals surface area contributed by atoms with Crippen molar-refractivity contribution in [2.24, 2.45) is 0 Å². The van der Waals surface area contributed by atoms with Crippen LogP contribution in [0.1, 0.15) is 0 Å². The predicted molar refractivity (Wildman–Crippen MR) is 34.5 cm³/mol. The molecule has 0 saturated heterocycles. The van der Waals surface area contributed by atoms with Crippen molar-refractivity contribution in [1.29, 1.82) is 0 Å². The van der Waals surface area contributed by atoms with Crippen LogP contribution in [-0.4, -0.2) is 20.6 Å². The fraction of sp³-hybridized carbons (Fsp3) is 0. The maximum Gasteiger partial charge on any atom is 0.207 e. The number of tetrazole rings is 1. The summed E-state index contributed by atoms with van der Waals surface area (Å²) in [5.41, 5.74) is 0. The number of hydrogen-bond donors (Lipinski definition) is 1. The second-order valence-electron chi connectivity index (χ2n) is 1.20. The van der Waals surface area contributed by atoms with Crippen LogP contribution in [0.15, 0.2) is 17.8 Å².